The van der Waals surface area contributed by atoms with Crippen molar-refractivity contribution in [3.05, 3.63) is 20.8 Å². The molecule has 2 unspecified atom stereocenters. The average molecular weight is 266 g/mol. The van der Waals surface area contributed by atoms with Crippen molar-refractivity contribution >= 4 is 11.5 Å². The Hall–Kier alpha value is -1.72. The van der Waals surface area contributed by atoms with E-state index < -0.39 is 11.2 Å². The van der Waals surface area contributed by atoms with Crippen molar-refractivity contribution in [3.63, 3.8) is 0 Å². The zero-order valence-electron chi connectivity index (χ0n) is 11.5. The number of anilines is 2. The van der Waals surface area contributed by atoms with Gasteiger partial charge < -0.3 is 11.1 Å². The second kappa shape index (κ2) is 5.50. The molecule has 2 atom stereocenters. The number of hydrogen-bond donors (Lipinski definition) is 3. The minimum absolute atomic E-state index is 0.203. The second-order valence-electron chi connectivity index (χ2n) is 5.28. The number of nitrogens with two attached hydrogens (primary N) is 1. The van der Waals surface area contributed by atoms with Crippen LogP contribution in [-0.2, 0) is 7.05 Å². The van der Waals surface area contributed by atoms with Crippen LogP contribution in [0, 0.1) is 5.92 Å². The van der Waals surface area contributed by atoms with Gasteiger partial charge in [-0.25, -0.2) is 4.79 Å². The fourth-order valence-electron chi connectivity index (χ4n) is 2.85. The van der Waals surface area contributed by atoms with Crippen LogP contribution in [-0.4, -0.2) is 15.6 Å². The summed E-state index contributed by atoms with van der Waals surface area (Å²) >= 11 is 0. The maximum Gasteiger partial charge on any atom is 0.329 e. The molecule has 1 heterocycles. The molecule has 1 aromatic rings. The monoisotopic (exact) mass is 266 g/mol. The molecule has 1 saturated carbocycles. The number of rotatable bonds is 3. The van der Waals surface area contributed by atoms with Gasteiger partial charge in [-0.3, -0.25) is 14.3 Å². The van der Waals surface area contributed by atoms with Gasteiger partial charge in [-0.2, -0.15) is 0 Å². The highest BCUT2D eigenvalue weighted by Gasteiger charge is 2.25. The number of hydrogen-bond acceptors (Lipinski definition) is 4. The lowest BCUT2D eigenvalue weighted by Crippen LogP contribution is -2.38. The second-order valence-corrected chi connectivity index (χ2v) is 5.28. The Morgan fingerprint density at radius 3 is 2.74 bits per heavy atom. The molecule has 0 radical (unpaired) electrons. The van der Waals surface area contributed by atoms with Crippen molar-refractivity contribution in [3.8, 4) is 0 Å². The summed E-state index contributed by atoms with van der Waals surface area (Å²) in [4.78, 5) is 25.6. The molecule has 1 aromatic heterocycles. The van der Waals surface area contributed by atoms with Crippen molar-refractivity contribution in [2.75, 3.05) is 11.1 Å². The van der Waals surface area contributed by atoms with E-state index in [0.29, 0.717) is 11.6 Å². The third-order valence-corrected chi connectivity index (χ3v) is 4.13. The normalized spacial score (nSPS) is 23.3. The van der Waals surface area contributed by atoms with Crippen LogP contribution >= 0.6 is 0 Å². The summed E-state index contributed by atoms with van der Waals surface area (Å²) < 4.78 is 1.26. The van der Waals surface area contributed by atoms with Crippen LogP contribution in [0.3, 0.4) is 0 Å². The number of nitrogens with zero attached hydrogens (tertiary/aromatic N) is 1. The van der Waals surface area contributed by atoms with E-state index in [2.05, 4.69) is 17.2 Å². The van der Waals surface area contributed by atoms with E-state index in [1.165, 1.54) is 17.4 Å². The van der Waals surface area contributed by atoms with Gasteiger partial charge in [0.2, 0.25) is 0 Å². The van der Waals surface area contributed by atoms with Crippen molar-refractivity contribution < 1.29 is 0 Å². The highest BCUT2D eigenvalue weighted by atomic mass is 16.2. The molecule has 0 bridgehead atoms. The molecule has 6 nitrogen and oxygen atoms in total. The molecule has 2 rings (SSSR count). The van der Waals surface area contributed by atoms with Gasteiger partial charge in [0.05, 0.1) is 0 Å². The molecule has 106 valence electrons. The highest BCUT2D eigenvalue weighted by molar-refractivity contribution is 5.60. The molecule has 0 spiro atoms. The van der Waals surface area contributed by atoms with Crippen LogP contribution in [0.4, 0.5) is 11.5 Å². The Kier molecular flexibility index (Phi) is 3.97. The molecule has 0 aromatic carbocycles. The summed E-state index contributed by atoms with van der Waals surface area (Å²) in [6.45, 7) is 2.17. The first-order valence-corrected chi connectivity index (χ1v) is 6.90. The van der Waals surface area contributed by atoms with Gasteiger partial charge in [0, 0.05) is 13.1 Å². The predicted octanol–water partition coefficient (Wildman–Crippen LogP) is 1.04. The Morgan fingerprint density at radius 1 is 1.37 bits per heavy atom. The molecule has 1 aliphatic carbocycles. The molecule has 0 saturated heterocycles. The first-order chi connectivity index (χ1) is 9.04. The quantitative estimate of drug-likeness (QED) is 0.762. The zero-order chi connectivity index (χ0) is 14.0. The average Bonchev–Trinajstić information content (AvgIpc) is 2.41. The molecule has 6 heteroatoms. The number of aromatic amines is 1. The van der Waals surface area contributed by atoms with E-state index >= 15 is 0 Å². The van der Waals surface area contributed by atoms with Crippen LogP contribution < -0.4 is 22.3 Å². The smallest absolute Gasteiger partial charge is 0.329 e. The Morgan fingerprint density at radius 2 is 2.05 bits per heavy atom. The van der Waals surface area contributed by atoms with Crippen LogP contribution in [0.25, 0.3) is 0 Å². The van der Waals surface area contributed by atoms with Gasteiger partial charge in [-0.05, 0) is 18.8 Å². The fourth-order valence-corrected chi connectivity index (χ4v) is 2.85. The predicted molar refractivity (Wildman–Crippen MR) is 76.4 cm³/mol. The van der Waals surface area contributed by atoms with Gasteiger partial charge in [0.15, 0.2) is 0 Å². The van der Waals surface area contributed by atoms with Crippen molar-refractivity contribution in [1.29, 1.82) is 0 Å². The van der Waals surface area contributed by atoms with Crippen LogP contribution in [0.2, 0.25) is 0 Å². The molecule has 1 aliphatic rings. The van der Waals surface area contributed by atoms with Crippen molar-refractivity contribution in [2.45, 2.75) is 45.1 Å². The Bertz CT molecular complexity index is 561. The van der Waals surface area contributed by atoms with E-state index in [1.807, 2.05) is 0 Å². The highest BCUT2D eigenvalue weighted by Crippen LogP contribution is 2.29. The third kappa shape index (κ3) is 2.67. The van der Waals surface area contributed by atoms with E-state index in [4.69, 9.17) is 5.73 Å². The largest absolute Gasteiger partial charge is 0.383 e. The topological polar surface area (TPSA) is 92.9 Å². The molecule has 4 N–H and O–H groups in total. The summed E-state index contributed by atoms with van der Waals surface area (Å²) in [6.07, 6.45) is 5.72. The van der Waals surface area contributed by atoms with Gasteiger partial charge in [0.25, 0.3) is 5.56 Å². The minimum Gasteiger partial charge on any atom is -0.383 e. The lowest BCUT2D eigenvalue weighted by molar-refractivity contribution is 0.317. The summed E-state index contributed by atoms with van der Waals surface area (Å²) in [5, 5.41) is 3.26. The fraction of sp³-hybridized carbons (Fsp3) is 0.692. The molecular formula is C13H22N4O2. The lowest BCUT2D eigenvalue weighted by Gasteiger charge is -2.32. The molecule has 1 fully saturated rings. The summed E-state index contributed by atoms with van der Waals surface area (Å²) in [5.74, 6) is 0.763. The lowest BCUT2D eigenvalue weighted by atomic mass is 9.83. The van der Waals surface area contributed by atoms with Gasteiger partial charge >= 0.3 is 5.69 Å². The van der Waals surface area contributed by atoms with E-state index in [1.54, 1.807) is 7.05 Å². The van der Waals surface area contributed by atoms with Gasteiger partial charge in [-0.1, -0.05) is 26.2 Å². The first kappa shape index (κ1) is 13.7. The first-order valence-electron chi connectivity index (χ1n) is 6.90. The Labute approximate surface area is 112 Å². The van der Waals surface area contributed by atoms with Crippen LogP contribution in [0.1, 0.15) is 39.0 Å². The van der Waals surface area contributed by atoms with Crippen LogP contribution in [0.5, 0.6) is 0 Å². The Balaban J connectivity index is 2.30. The maximum absolute atomic E-state index is 11.9. The van der Waals surface area contributed by atoms with Gasteiger partial charge in [-0.15, -0.1) is 0 Å². The van der Waals surface area contributed by atoms with E-state index in [-0.39, 0.29) is 11.9 Å². The van der Waals surface area contributed by atoms with Gasteiger partial charge in [0.1, 0.15) is 11.5 Å². The molecule has 0 aliphatic heterocycles. The molecule has 19 heavy (non-hydrogen) atoms. The molecular weight excluding hydrogens is 244 g/mol. The summed E-state index contributed by atoms with van der Waals surface area (Å²) in [6, 6.07) is 0.264. The van der Waals surface area contributed by atoms with Crippen molar-refractivity contribution in [2.24, 2.45) is 13.0 Å². The third-order valence-electron chi connectivity index (χ3n) is 4.13. The number of aromatic nitrogens is 2. The summed E-state index contributed by atoms with van der Waals surface area (Å²) in [7, 11) is 1.55. The zero-order valence-corrected chi connectivity index (χ0v) is 11.5. The number of nitrogen functional groups attached to an aromatic ring is 1. The van der Waals surface area contributed by atoms with Crippen molar-refractivity contribution in [1.82, 2.24) is 9.55 Å². The van der Waals surface area contributed by atoms with E-state index in [9.17, 15) is 9.59 Å². The number of nitrogens with one attached hydrogen (secondary N) is 2. The maximum atomic E-state index is 11.9. The minimum atomic E-state index is -0.483. The number of H-pyrrole nitrogens is 1. The molecule has 0 amide bonds. The van der Waals surface area contributed by atoms with Crippen LogP contribution in [0.15, 0.2) is 9.59 Å². The standard InChI is InChI=1S/C13H22N4O2/c1-3-8-6-4-5-7-9(8)15-10-11(14)17(2)13(19)16-12(10)18/h8-9,15H,3-7,14H2,1-2H3,(H,16,18,19). The SMILES string of the molecule is CCC1CCCCC1Nc1c(N)n(C)c(=O)[nH]c1=O. The summed E-state index contributed by atoms with van der Waals surface area (Å²) in [5.41, 5.74) is 5.28. The van der Waals surface area contributed by atoms with E-state index in [0.717, 1.165) is 19.3 Å².